The summed E-state index contributed by atoms with van der Waals surface area (Å²) in [5.74, 6) is -1.13. The summed E-state index contributed by atoms with van der Waals surface area (Å²) < 4.78 is 34.5. The maximum atomic E-state index is 14.4. The van der Waals surface area contributed by atoms with Crippen LogP contribution in [0, 0.1) is 17.0 Å². The van der Waals surface area contributed by atoms with Crippen LogP contribution >= 0.6 is 15.9 Å². The van der Waals surface area contributed by atoms with E-state index in [2.05, 4.69) is 21.2 Å². The molecule has 2 unspecified atom stereocenters. The standard InChI is InChI=1S/C16H24BrF2NO/c1-6-9-20-14(15(21-5)16(2,3)4)12-11(18)8-7-10(17)13(12)19/h7-8,14-15,20H,6,9H2,1-5H3. The van der Waals surface area contributed by atoms with Crippen LogP contribution in [0.5, 0.6) is 0 Å². The fraction of sp³-hybridized carbons (Fsp3) is 0.625. The largest absolute Gasteiger partial charge is 0.379 e. The molecule has 0 bridgehead atoms. The van der Waals surface area contributed by atoms with Crippen LogP contribution in [0.25, 0.3) is 0 Å². The van der Waals surface area contributed by atoms with E-state index in [0.29, 0.717) is 6.54 Å². The van der Waals surface area contributed by atoms with Crippen LogP contribution in [-0.2, 0) is 4.74 Å². The monoisotopic (exact) mass is 363 g/mol. The van der Waals surface area contributed by atoms with E-state index in [0.717, 1.165) is 6.42 Å². The van der Waals surface area contributed by atoms with Gasteiger partial charge < -0.3 is 10.1 Å². The number of hydrogen-bond acceptors (Lipinski definition) is 2. The molecule has 1 rings (SSSR count). The lowest BCUT2D eigenvalue weighted by molar-refractivity contribution is -0.0136. The third-order valence-corrected chi connectivity index (χ3v) is 4.03. The van der Waals surface area contributed by atoms with Gasteiger partial charge in [-0.05, 0) is 46.4 Å². The molecule has 0 saturated carbocycles. The minimum absolute atomic E-state index is 0.0274. The lowest BCUT2D eigenvalue weighted by Gasteiger charge is -2.37. The highest BCUT2D eigenvalue weighted by Gasteiger charge is 2.36. The maximum absolute atomic E-state index is 14.4. The minimum Gasteiger partial charge on any atom is -0.379 e. The molecule has 0 saturated heterocycles. The first-order valence-electron chi connectivity index (χ1n) is 7.13. The number of hydrogen-bond donors (Lipinski definition) is 1. The van der Waals surface area contributed by atoms with Gasteiger partial charge in [-0.1, -0.05) is 27.7 Å². The van der Waals surface area contributed by atoms with Gasteiger partial charge >= 0.3 is 0 Å². The third kappa shape index (κ3) is 4.47. The van der Waals surface area contributed by atoms with Crippen molar-refractivity contribution in [2.45, 2.75) is 46.3 Å². The van der Waals surface area contributed by atoms with Crippen molar-refractivity contribution in [3.63, 3.8) is 0 Å². The van der Waals surface area contributed by atoms with Crippen LogP contribution in [0.15, 0.2) is 16.6 Å². The average Bonchev–Trinajstić information content (AvgIpc) is 2.39. The molecule has 0 radical (unpaired) electrons. The summed E-state index contributed by atoms with van der Waals surface area (Å²) >= 11 is 3.13. The van der Waals surface area contributed by atoms with Crippen molar-refractivity contribution in [3.05, 3.63) is 33.8 Å². The quantitative estimate of drug-likeness (QED) is 0.730. The molecule has 0 aliphatic carbocycles. The van der Waals surface area contributed by atoms with E-state index in [9.17, 15) is 8.78 Å². The van der Waals surface area contributed by atoms with Gasteiger partial charge in [0.1, 0.15) is 11.6 Å². The van der Waals surface area contributed by atoms with Gasteiger partial charge in [-0.2, -0.15) is 0 Å². The Balaban J connectivity index is 3.34. The highest BCUT2D eigenvalue weighted by molar-refractivity contribution is 9.10. The molecule has 2 atom stereocenters. The van der Waals surface area contributed by atoms with Gasteiger partial charge in [-0.15, -0.1) is 0 Å². The van der Waals surface area contributed by atoms with Crippen LogP contribution in [0.1, 0.15) is 45.7 Å². The molecule has 0 aromatic heterocycles. The van der Waals surface area contributed by atoms with E-state index in [1.807, 2.05) is 27.7 Å². The van der Waals surface area contributed by atoms with Gasteiger partial charge in [0.05, 0.1) is 16.6 Å². The fourth-order valence-corrected chi connectivity index (χ4v) is 2.82. The summed E-state index contributed by atoms with van der Waals surface area (Å²) in [5.41, 5.74) is -0.235. The minimum atomic E-state index is -0.574. The SMILES string of the molecule is CCCNC(c1c(F)ccc(Br)c1F)C(OC)C(C)(C)C. The van der Waals surface area contributed by atoms with Gasteiger partial charge in [-0.25, -0.2) is 8.78 Å². The average molecular weight is 364 g/mol. The van der Waals surface area contributed by atoms with E-state index in [1.54, 1.807) is 7.11 Å². The van der Waals surface area contributed by atoms with Crippen LogP contribution in [0.3, 0.4) is 0 Å². The predicted octanol–water partition coefficient (Wildman–Crippen LogP) is 4.83. The Morgan fingerprint density at radius 3 is 2.38 bits per heavy atom. The van der Waals surface area contributed by atoms with Crippen molar-refractivity contribution in [1.82, 2.24) is 5.32 Å². The number of methoxy groups -OCH3 is 1. The molecule has 0 spiro atoms. The number of rotatable bonds is 6. The summed E-state index contributed by atoms with van der Waals surface area (Å²) in [7, 11) is 1.57. The first-order chi connectivity index (χ1) is 9.73. The summed E-state index contributed by atoms with van der Waals surface area (Å²) in [4.78, 5) is 0. The normalized spacial score (nSPS) is 15.0. The second kappa shape index (κ2) is 7.65. The van der Waals surface area contributed by atoms with Crippen LogP contribution < -0.4 is 5.32 Å². The molecule has 1 aromatic carbocycles. The lowest BCUT2D eigenvalue weighted by Crippen LogP contribution is -2.42. The number of halogens is 3. The van der Waals surface area contributed by atoms with E-state index in [-0.39, 0.29) is 21.6 Å². The molecule has 0 fully saturated rings. The smallest absolute Gasteiger partial charge is 0.145 e. The van der Waals surface area contributed by atoms with Crippen molar-refractivity contribution >= 4 is 15.9 Å². The molecular weight excluding hydrogens is 340 g/mol. The van der Waals surface area contributed by atoms with E-state index >= 15 is 0 Å². The molecule has 21 heavy (non-hydrogen) atoms. The summed E-state index contributed by atoms with van der Waals surface area (Å²) in [6.45, 7) is 8.66. The molecule has 120 valence electrons. The Hall–Kier alpha value is -0.520. The molecule has 1 aromatic rings. The van der Waals surface area contributed by atoms with E-state index < -0.39 is 17.7 Å². The predicted molar refractivity (Wildman–Crippen MR) is 85.3 cm³/mol. The Kier molecular flexibility index (Phi) is 6.75. The second-order valence-electron chi connectivity index (χ2n) is 6.21. The second-order valence-corrected chi connectivity index (χ2v) is 7.07. The first-order valence-corrected chi connectivity index (χ1v) is 7.92. The van der Waals surface area contributed by atoms with Gasteiger partial charge in [-0.3, -0.25) is 0 Å². The number of benzene rings is 1. The summed E-state index contributed by atoms with van der Waals surface area (Å²) in [6.07, 6.45) is 0.510. The third-order valence-electron chi connectivity index (χ3n) is 3.41. The molecule has 1 N–H and O–H groups in total. The fourth-order valence-electron chi connectivity index (χ4n) is 2.48. The molecular formula is C16H24BrF2NO. The van der Waals surface area contributed by atoms with Gasteiger partial charge in [0.25, 0.3) is 0 Å². The van der Waals surface area contributed by atoms with Crippen LogP contribution in [-0.4, -0.2) is 19.8 Å². The topological polar surface area (TPSA) is 21.3 Å². The van der Waals surface area contributed by atoms with Crippen molar-refractivity contribution in [3.8, 4) is 0 Å². The Labute approximate surface area is 134 Å². The molecule has 0 aliphatic heterocycles. The first kappa shape index (κ1) is 18.5. The van der Waals surface area contributed by atoms with Crippen molar-refractivity contribution in [1.29, 1.82) is 0 Å². The molecule has 0 aliphatic rings. The van der Waals surface area contributed by atoms with E-state index in [4.69, 9.17) is 4.74 Å². The number of ether oxygens (including phenoxy) is 1. The Morgan fingerprint density at radius 1 is 1.29 bits per heavy atom. The van der Waals surface area contributed by atoms with Crippen molar-refractivity contribution in [2.24, 2.45) is 5.41 Å². The zero-order valence-electron chi connectivity index (χ0n) is 13.3. The Bertz CT molecular complexity index is 474. The maximum Gasteiger partial charge on any atom is 0.145 e. The lowest BCUT2D eigenvalue weighted by atomic mass is 9.81. The van der Waals surface area contributed by atoms with E-state index in [1.165, 1.54) is 12.1 Å². The van der Waals surface area contributed by atoms with Crippen molar-refractivity contribution < 1.29 is 13.5 Å². The van der Waals surface area contributed by atoms with Gasteiger partial charge in [0.15, 0.2) is 0 Å². The molecule has 0 heterocycles. The highest BCUT2D eigenvalue weighted by atomic mass is 79.9. The van der Waals surface area contributed by atoms with Crippen LogP contribution in [0.2, 0.25) is 0 Å². The van der Waals surface area contributed by atoms with Gasteiger partial charge in [0.2, 0.25) is 0 Å². The zero-order valence-corrected chi connectivity index (χ0v) is 14.9. The Morgan fingerprint density at radius 2 is 1.90 bits per heavy atom. The molecule has 5 heteroatoms. The number of nitrogens with one attached hydrogen (secondary N) is 1. The van der Waals surface area contributed by atoms with Gasteiger partial charge in [0, 0.05) is 12.7 Å². The zero-order chi connectivity index (χ0) is 16.2. The summed E-state index contributed by atoms with van der Waals surface area (Å²) in [6, 6.07) is 2.11. The van der Waals surface area contributed by atoms with Crippen LogP contribution in [0.4, 0.5) is 8.78 Å². The molecule has 2 nitrogen and oxygen atoms in total. The highest BCUT2D eigenvalue weighted by Crippen LogP contribution is 2.36. The summed E-state index contributed by atoms with van der Waals surface area (Å²) in [5, 5.41) is 3.23. The van der Waals surface area contributed by atoms with Crippen molar-refractivity contribution in [2.75, 3.05) is 13.7 Å². The molecule has 0 amide bonds.